The van der Waals surface area contributed by atoms with Crippen LogP contribution in [0.4, 0.5) is 11.5 Å². The number of nitrogens with zero attached hydrogens (tertiary/aromatic N) is 3. The summed E-state index contributed by atoms with van der Waals surface area (Å²) in [6, 6.07) is 5.69. The van der Waals surface area contributed by atoms with Gasteiger partial charge in [0.25, 0.3) is 0 Å². The minimum Gasteiger partial charge on any atom is -0.399 e. The number of aliphatic hydroxyl groups is 1. The molecule has 0 saturated carbocycles. The van der Waals surface area contributed by atoms with Gasteiger partial charge in [-0.1, -0.05) is 0 Å². The van der Waals surface area contributed by atoms with E-state index in [0.29, 0.717) is 5.69 Å². The van der Waals surface area contributed by atoms with E-state index < -0.39 is 0 Å². The summed E-state index contributed by atoms with van der Waals surface area (Å²) in [5.74, 6) is 0.937. The fourth-order valence-corrected chi connectivity index (χ4v) is 2.39. The first-order valence-corrected chi connectivity index (χ1v) is 6.17. The predicted molar refractivity (Wildman–Crippen MR) is 71.4 cm³/mol. The molecule has 1 aliphatic rings. The summed E-state index contributed by atoms with van der Waals surface area (Å²) in [5.41, 5.74) is 7.34. The summed E-state index contributed by atoms with van der Waals surface area (Å²) >= 11 is 0. The summed E-state index contributed by atoms with van der Waals surface area (Å²) in [6.07, 6.45) is 2.98. The van der Waals surface area contributed by atoms with Crippen molar-refractivity contribution in [3.05, 3.63) is 24.5 Å². The van der Waals surface area contributed by atoms with Crippen LogP contribution in [0.2, 0.25) is 0 Å². The smallest absolute Gasteiger partial charge is 0.139 e. The monoisotopic (exact) mass is 244 g/mol. The molecule has 94 valence electrons. The summed E-state index contributed by atoms with van der Waals surface area (Å²) < 4.78 is 0. The zero-order valence-electron chi connectivity index (χ0n) is 10.1. The van der Waals surface area contributed by atoms with E-state index in [-0.39, 0.29) is 6.10 Å². The molecule has 1 aliphatic heterocycles. The highest BCUT2D eigenvalue weighted by atomic mass is 16.3. The molecule has 1 aromatic carbocycles. The van der Waals surface area contributed by atoms with E-state index in [9.17, 15) is 5.11 Å². The number of nitrogens with two attached hydrogens (primary N) is 1. The lowest BCUT2D eigenvalue weighted by Gasteiger charge is -2.31. The lowest BCUT2D eigenvalue weighted by Crippen LogP contribution is -2.36. The van der Waals surface area contributed by atoms with E-state index in [0.717, 1.165) is 42.7 Å². The van der Waals surface area contributed by atoms with Gasteiger partial charge in [0.2, 0.25) is 0 Å². The van der Waals surface area contributed by atoms with Gasteiger partial charge in [-0.05, 0) is 31.0 Å². The Bertz CT molecular complexity index is 564. The average Bonchev–Trinajstić information content (AvgIpc) is 2.38. The van der Waals surface area contributed by atoms with E-state index in [4.69, 9.17) is 5.73 Å². The Morgan fingerprint density at radius 2 is 2.00 bits per heavy atom. The Morgan fingerprint density at radius 1 is 1.22 bits per heavy atom. The predicted octanol–water partition coefficient (Wildman–Crippen LogP) is 1.17. The van der Waals surface area contributed by atoms with E-state index in [1.807, 2.05) is 18.2 Å². The molecule has 2 heterocycles. The van der Waals surface area contributed by atoms with Gasteiger partial charge in [0, 0.05) is 24.2 Å². The van der Waals surface area contributed by atoms with Crippen LogP contribution in [0.5, 0.6) is 0 Å². The van der Waals surface area contributed by atoms with Crippen molar-refractivity contribution in [2.45, 2.75) is 18.9 Å². The molecule has 5 heteroatoms. The summed E-state index contributed by atoms with van der Waals surface area (Å²) in [4.78, 5) is 10.8. The van der Waals surface area contributed by atoms with Crippen LogP contribution in [0.1, 0.15) is 12.8 Å². The molecule has 0 bridgehead atoms. The van der Waals surface area contributed by atoms with Gasteiger partial charge < -0.3 is 15.7 Å². The highest BCUT2D eigenvalue weighted by Crippen LogP contribution is 2.26. The van der Waals surface area contributed by atoms with Crippen LogP contribution < -0.4 is 10.6 Å². The first-order chi connectivity index (χ1) is 8.74. The van der Waals surface area contributed by atoms with Crippen LogP contribution >= 0.6 is 0 Å². The standard InChI is InChI=1S/C13H16N4O/c14-9-1-2-11-12(7-9)15-8-16-13(11)17-5-3-10(18)4-6-17/h1-2,7-8,10,18H,3-6,14H2. The normalized spacial score (nSPS) is 17.3. The fraction of sp³-hybridized carbons (Fsp3) is 0.385. The maximum atomic E-state index is 9.55. The molecular formula is C13H16N4O. The van der Waals surface area contributed by atoms with Crippen molar-refractivity contribution in [3.63, 3.8) is 0 Å². The number of fused-ring (bicyclic) bond motifs is 1. The molecular weight excluding hydrogens is 228 g/mol. The van der Waals surface area contributed by atoms with E-state index >= 15 is 0 Å². The lowest BCUT2D eigenvalue weighted by molar-refractivity contribution is 0.145. The first kappa shape index (κ1) is 11.2. The topological polar surface area (TPSA) is 75.3 Å². The van der Waals surface area contributed by atoms with Gasteiger partial charge in [-0.3, -0.25) is 0 Å². The summed E-state index contributed by atoms with van der Waals surface area (Å²) in [7, 11) is 0. The summed E-state index contributed by atoms with van der Waals surface area (Å²) in [5, 5.41) is 10.6. The number of aliphatic hydroxyl groups excluding tert-OH is 1. The zero-order valence-corrected chi connectivity index (χ0v) is 10.1. The molecule has 0 amide bonds. The van der Waals surface area contributed by atoms with Gasteiger partial charge in [-0.25, -0.2) is 9.97 Å². The molecule has 1 fully saturated rings. The first-order valence-electron chi connectivity index (χ1n) is 6.17. The molecule has 2 aromatic rings. The third kappa shape index (κ3) is 1.97. The van der Waals surface area contributed by atoms with Crippen molar-refractivity contribution in [3.8, 4) is 0 Å². The van der Waals surface area contributed by atoms with Gasteiger partial charge in [-0.2, -0.15) is 0 Å². The van der Waals surface area contributed by atoms with Crippen molar-refractivity contribution >= 4 is 22.4 Å². The van der Waals surface area contributed by atoms with Crippen molar-refractivity contribution in [2.75, 3.05) is 23.7 Å². The quantitative estimate of drug-likeness (QED) is 0.737. The van der Waals surface area contributed by atoms with Crippen molar-refractivity contribution in [1.29, 1.82) is 0 Å². The highest BCUT2D eigenvalue weighted by molar-refractivity contribution is 5.91. The number of rotatable bonds is 1. The zero-order chi connectivity index (χ0) is 12.5. The van der Waals surface area contributed by atoms with Gasteiger partial charge in [0.1, 0.15) is 12.1 Å². The van der Waals surface area contributed by atoms with Gasteiger partial charge in [-0.15, -0.1) is 0 Å². The number of piperidine rings is 1. The molecule has 3 N–H and O–H groups in total. The van der Waals surface area contributed by atoms with Crippen molar-refractivity contribution in [1.82, 2.24) is 9.97 Å². The molecule has 5 nitrogen and oxygen atoms in total. The van der Waals surface area contributed by atoms with Crippen LogP contribution in [0, 0.1) is 0 Å². The second kappa shape index (κ2) is 4.42. The van der Waals surface area contributed by atoms with Crippen LogP contribution in [0.15, 0.2) is 24.5 Å². The minimum absolute atomic E-state index is 0.176. The Kier molecular flexibility index (Phi) is 2.76. The summed E-state index contributed by atoms with van der Waals surface area (Å²) in [6.45, 7) is 1.66. The Morgan fingerprint density at radius 3 is 2.78 bits per heavy atom. The molecule has 0 radical (unpaired) electrons. The number of hydrogen-bond donors (Lipinski definition) is 2. The third-order valence-electron chi connectivity index (χ3n) is 3.40. The SMILES string of the molecule is Nc1ccc2c(N3CCC(O)CC3)ncnc2c1. The average molecular weight is 244 g/mol. The van der Waals surface area contributed by atoms with Crippen LogP contribution in [-0.2, 0) is 0 Å². The second-order valence-corrected chi connectivity index (χ2v) is 4.69. The fourth-order valence-electron chi connectivity index (χ4n) is 2.39. The molecule has 0 spiro atoms. The highest BCUT2D eigenvalue weighted by Gasteiger charge is 2.19. The van der Waals surface area contributed by atoms with Gasteiger partial charge in [0.15, 0.2) is 0 Å². The van der Waals surface area contributed by atoms with E-state index in [2.05, 4.69) is 14.9 Å². The van der Waals surface area contributed by atoms with Gasteiger partial charge >= 0.3 is 0 Å². The van der Waals surface area contributed by atoms with Gasteiger partial charge in [0.05, 0.1) is 11.6 Å². The molecule has 1 aromatic heterocycles. The van der Waals surface area contributed by atoms with Crippen LogP contribution in [0.3, 0.4) is 0 Å². The van der Waals surface area contributed by atoms with E-state index in [1.54, 1.807) is 6.33 Å². The second-order valence-electron chi connectivity index (χ2n) is 4.69. The number of hydrogen-bond acceptors (Lipinski definition) is 5. The molecule has 18 heavy (non-hydrogen) atoms. The minimum atomic E-state index is -0.176. The van der Waals surface area contributed by atoms with Crippen LogP contribution in [0.25, 0.3) is 10.9 Å². The largest absolute Gasteiger partial charge is 0.399 e. The molecule has 0 atom stereocenters. The third-order valence-corrected chi connectivity index (χ3v) is 3.40. The number of nitrogen functional groups attached to an aromatic ring is 1. The maximum absolute atomic E-state index is 9.55. The Hall–Kier alpha value is -1.88. The van der Waals surface area contributed by atoms with Crippen molar-refractivity contribution < 1.29 is 5.11 Å². The molecule has 1 saturated heterocycles. The lowest BCUT2D eigenvalue weighted by atomic mass is 10.1. The molecule has 3 rings (SSSR count). The molecule has 0 aliphatic carbocycles. The number of aromatic nitrogens is 2. The number of anilines is 2. The van der Waals surface area contributed by atoms with E-state index in [1.165, 1.54) is 0 Å². The number of benzene rings is 1. The van der Waals surface area contributed by atoms with Crippen LogP contribution in [-0.4, -0.2) is 34.3 Å². The Labute approximate surface area is 105 Å². The maximum Gasteiger partial charge on any atom is 0.139 e. The molecule has 0 unspecified atom stereocenters. The Balaban J connectivity index is 2.01. The van der Waals surface area contributed by atoms with Crippen molar-refractivity contribution in [2.24, 2.45) is 0 Å².